The number of aliphatic carboxylic acids is 1. The van der Waals surface area contributed by atoms with Crippen LogP contribution in [0, 0.1) is 46.3 Å². The largest absolute Gasteiger partial charge is 0.481 e. The van der Waals surface area contributed by atoms with Crippen molar-refractivity contribution in [2.24, 2.45) is 46.3 Å². The highest BCUT2D eigenvalue weighted by atomic mass is 16.4. The minimum Gasteiger partial charge on any atom is -0.481 e. The number of unbranched alkanes of at least 4 members (excludes halogenated alkanes) is 1. The Morgan fingerprint density at radius 2 is 1.67 bits per heavy atom. The average Bonchev–Trinajstić information content (AvgIpc) is 3.03. The molecule has 4 aliphatic rings. The molecule has 30 heavy (non-hydrogen) atoms. The quantitative estimate of drug-likeness (QED) is 0.512. The van der Waals surface area contributed by atoms with E-state index in [-0.39, 0.29) is 12.2 Å². The minimum atomic E-state index is -0.679. The van der Waals surface area contributed by atoms with Crippen molar-refractivity contribution in [2.75, 3.05) is 0 Å². The monoisotopic (exact) mass is 420 g/mol. The summed E-state index contributed by atoms with van der Waals surface area (Å²) in [5.74, 6) is 2.82. The Bertz CT molecular complexity index is 635. The molecule has 4 saturated carbocycles. The molecule has 4 aliphatic carbocycles. The van der Waals surface area contributed by atoms with Crippen LogP contribution in [0.1, 0.15) is 97.8 Å². The van der Waals surface area contributed by atoms with Gasteiger partial charge in [0, 0.05) is 6.42 Å². The molecule has 4 heteroatoms. The molecule has 0 bridgehead atoms. The molecule has 4 fully saturated rings. The molecule has 0 heterocycles. The first kappa shape index (κ1) is 22.6. The summed E-state index contributed by atoms with van der Waals surface area (Å²) in [6.07, 6.45) is 11.7. The number of aliphatic hydroxyl groups excluding tert-OH is 2. The predicted octanol–water partition coefficient (Wildman–Crippen LogP) is 5.26. The summed E-state index contributed by atoms with van der Waals surface area (Å²) in [4.78, 5) is 10.8. The van der Waals surface area contributed by atoms with Gasteiger partial charge in [0.15, 0.2) is 0 Å². The molecule has 0 aromatic heterocycles. The maximum Gasteiger partial charge on any atom is 0.303 e. The lowest BCUT2D eigenvalue weighted by atomic mass is 9.43. The van der Waals surface area contributed by atoms with Crippen molar-refractivity contribution < 1.29 is 20.1 Å². The Morgan fingerprint density at radius 1 is 0.967 bits per heavy atom. The lowest BCUT2D eigenvalue weighted by Gasteiger charge is -2.62. The van der Waals surface area contributed by atoms with E-state index in [4.69, 9.17) is 5.11 Å². The zero-order valence-electron chi connectivity index (χ0n) is 19.4. The third-order valence-electron chi connectivity index (χ3n) is 10.7. The van der Waals surface area contributed by atoms with Gasteiger partial charge in [-0.1, -0.05) is 33.6 Å². The molecule has 0 radical (unpaired) electrons. The van der Waals surface area contributed by atoms with Crippen molar-refractivity contribution in [1.82, 2.24) is 0 Å². The van der Waals surface area contributed by atoms with E-state index in [1.807, 2.05) is 0 Å². The lowest BCUT2D eigenvalue weighted by molar-refractivity contribution is -0.174. The highest BCUT2D eigenvalue weighted by Crippen LogP contribution is 2.68. The molecule has 0 amide bonds. The summed E-state index contributed by atoms with van der Waals surface area (Å²) in [5.41, 5.74) is 0.622. The first-order valence-corrected chi connectivity index (χ1v) is 12.7. The van der Waals surface area contributed by atoms with E-state index in [1.165, 1.54) is 25.7 Å². The molecule has 172 valence electrons. The summed E-state index contributed by atoms with van der Waals surface area (Å²) < 4.78 is 0. The smallest absolute Gasteiger partial charge is 0.303 e. The molecule has 4 nitrogen and oxygen atoms in total. The fourth-order valence-corrected chi connectivity index (χ4v) is 9.12. The van der Waals surface area contributed by atoms with Crippen molar-refractivity contribution in [3.05, 3.63) is 0 Å². The number of carboxylic acids is 1. The van der Waals surface area contributed by atoms with E-state index in [9.17, 15) is 15.0 Å². The Morgan fingerprint density at radius 3 is 2.40 bits per heavy atom. The highest BCUT2D eigenvalue weighted by molar-refractivity contribution is 5.66. The minimum absolute atomic E-state index is 0.168. The SMILES string of the molecule is C[C@H](CCCCC(=O)O)[C@H]1CCC2C3C(CC[C@@]21C)[C@@]1(C)CC[C@@H](O)C[C@H]1C[C@@H]3O. The van der Waals surface area contributed by atoms with Crippen LogP contribution < -0.4 is 0 Å². The van der Waals surface area contributed by atoms with Crippen LogP contribution in [0.4, 0.5) is 0 Å². The summed E-state index contributed by atoms with van der Waals surface area (Å²) in [6.45, 7) is 7.39. The highest BCUT2D eigenvalue weighted by Gasteiger charge is 2.62. The maximum absolute atomic E-state index is 11.3. The van der Waals surface area contributed by atoms with Gasteiger partial charge in [-0.2, -0.15) is 0 Å². The molecule has 4 rings (SSSR count). The number of carbonyl (C=O) groups is 1. The number of hydrogen-bond donors (Lipinski definition) is 3. The fourth-order valence-electron chi connectivity index (χ4n) is 9.12. The van der Waals surface area contributed by atoms with Gasteiger partial charge in [-0.25, -0.2) is 0 Å². The van der Waals surface area contributed by atoms with Crippen LogP contribution >= 0.6 is 0 Å². The second-order valence-electron chi connectivity index (χ2n) is 12.1. The molecule has 0 spiro atoms. The van der Waals surface area contributed by atoms with Crippen molar-refractivity contribution in [1.29, 1.82) is 0 Å². The summed E-state index contributed by atoms with van der Waals surface area (Å²) in [7, 11) is 0. The third-order valence-corrected chi connectivity index (χ3v) is 10.7. The van der Waals surface area contributed by atoms with E-state index in [0.717, 1.165) is 44.9 Å². The standard InChI is InChI=1S/C26H44O4/c1-16(6-4-5-7-23(29)30)19-8-9-20-24-21(11-13-26(19,20)3)25(2)12-10-18(27)14-17(25)15-22(24)28/h16-22,24,27-28H,4-15H2,1-3H3,(H,29,30)/t16-,17+,18-,19-,20?,21?,22+,24?,25+,26-/m1/s1. The predicted molar refractivity (Wildman–Crippen MR) is 118 cm³/mol. The van der Waals surface area contributed by atoms with E-state index in [2.05, 4.69) is 20.8 Å². The number of hydrogen-bond acceptors (Lipinski definition) is 3. The van der Waals surface area contributed by atoms with Gasteiger partial charge >= 0.3 is 5.97 Å². The van der Waals surface area contributed by atoms with Crippen molar-refractivity contribution in [2.45, 2.75) is 110 Å². The van der Waals surface area contributed by atoms with E-state index in [0.29, 0.717) is 52.8 Å². The second kappa shape index (κ2) is 8.39. The zero-order valence-corrected chi connectivity index (χ0v) is 19.4. The van der Waals surface area contributed by atoms with Gasteiger partial charge in [0.25, 0.3) is 0 Å². The van der Waals surface area contributed by atoms with Crippen LogP contribution in [0.2, 0.25) is 0 Å². The number of rotatable bonds is 6. The van der Waals surface area contributed by atoms with Gasteiger partial charge in [-0.05, 0) is 104 Å². The fraction of sp³-hybridized carbons (Fsp3) is 0.962. The number of carboxylic acid groups (broad SMARTS) is 1. The topological polar surface area (TPSA) is 77.8 Å². The number of aliphatic hydroxyl groups is 2. The zero-order chi connectivity index (χ0) is 21.7. The van der Waals surface area contributed by atoms with Crippen molar-refractivity contribution in [3.8, 4) is 0 Å². The Kier molecular flexibility index (Phi) is 6.31. The molecular formula is C26H44O4. The van der Waals surface area contributed by atoms with Crippen molar-refractivity contribution >= 4 is 5.97 Å². The molecule has 3 unspecified atom stereocenters. The van der Waals surface area contributed by atoms with E-state index < -0.39 is 5.97 Å². The molecule has 0 aromatic carbocycles. The van der Waals surface area contributed by atoms with Crippen LogP contribution in [0.15, 0.2) is 0 Å². The molecule has 0 aliphatic heterocycles. The summed E-state index contributed by atoms with van der Waals surface area (Å²) in [6, 6.07) is 0. The molecular weight excluding hydrogens is 376 g/mol. The molecule has 3 N–H and O–H groups in total. The summed E-state index contributed by atoms with van der Waals surface area (Å²) in [5, 5.41) is 30.5. The van der Waals surface area contributed by atoms with Gasteiger partial charge in [0.1, 0.15) is 0 Å². The van der Waals surface area contributed by atoms with E-state index >= 15 is 0 Å². The summed E-state index contributed by atoms with van der Waals surface area (Å²) >= 11 is 0. The average molecular weight is 421 g/mol. The first-order chi connectivity index (χ1) is 14.2. The normalized spacial score (nSPS) is 49.0. The second-order valence-corrected chi connectivity index (χ2v) is 12.1. The maximum atomic E-state index is 11.3. The van der Waals surface area contributed by atoms with Crippen LogP contribution in [-0.4, -0.2) is 33.5 Å². The Hall–Kier alpha value is -0.610. The van der Waals surface area contributed by atoms with Crippen LogP contribution in [0.5, 0.6) is 0 Å². The molecule has 0 aromatic rings. The van der Waals surface area contributed by atoms with Crippen LogP contribution in [0.25, 0.3) is 0 Å². The van der Waals surface area contributed by atoms with Gasteiger partial charge in [0.05, 0.1) is 12.2 Å². The van der Waals surface area contributed by atoms with Gasteiger partial charge < -0.3 is 15.3 Å². The van der Waals surface area contributed by atoms with Gasteiger partial charge in [-0.3, -0.25) is 4.79 Å². The van der Waals surface area contributed by atoms with Gasteiger partial charge in [-0.15, -0.1) is 0 Å². The van der Waals surface area contributed by atoms with Crippen LogP contribution in [0.3, 0.4) is 0 Å². The Balaban J connectivity index is 1.47. The third kappa shape index (κ3) is 3.74. The number of fused-ring (bicyclic) bond motifs is 5. The van der Waals surface area contributed by atoms with E-state index in [1.54, 1.807) is 0 Å². The van der Waals surface area contributed by atoms with Crippen LogP contribution in [-0.2, 0) is 4.79 Å². The molecule has 10 atom stereocenters. The Labute approximate surface area is 182 Å². The van der Waals surface area contributed by atoms with Gasteiger partial charge in [0.2, 0.25) is 0 Å². The lowest BCUT2D eigenvalue weighted by Crippen LogP contribution is -2.58. The van der Waals surface area contributed by atoms with Crippen molar-refractivity contribution in [3.63, 3.8) is 0 Å². The molecule has 0 saturated heterocycles. The first-order valence-electron chi connectivity index (χ1n) is 12.7.